The van der Waals surface area contributed by atoms with Gasteiger partial charge in [0.05, 0.1) is 22.2 Å². The molecular weight excluding hydrogens is 727 g/mol. The van der Waals surface area contributed by atoms with Gasteiger partial charge in [-0.05, 0) is 109 Å². The van der Waals surface area contributed by atoms with Gasteiger partial charge in [0.15, 0.2) is 0 Å². The van der Waals surface area contributed by atoms with Crippen LogP contribution in [-0.2, 0) is 0 Å². The van der Waals surface area contributed by atoms with Crippen LogP contribution in [0.25, 0.3) is 111 Å². The first kappa shape index (κ1) is 34.1. The van der Waals surface area contributed by atoms with E-state index in [0.29, 0.717) is 0 Å². The van der Waals surface area contributed by atoms with Gasteiger partial charge in [-0.1, -0.05) is 170 Å². The van der Waals surface area contributed by atoms with Gasteiger partial charge in [0, 0.05) is 27.9 Å². The lowest BCUT2D eigenvalue weighted by Crippen LogP contribution is -1.98. The predicted octanol–water partition coefficient (Wildman–Crippen LogP) is 15.1. The van der Waals surface area contributed by atoms with Crippen molar-refractivity contribution in [3.63, 3.8) is 0 Å². The van der Waals surface area contributed by atoms with Gasteiger partial charge in [0.1, 0.15) is 5.82 Å². The quantitative estimate of drug-likeness (QED) is 0.155. The zero-order chi connectivity index (χ0) is 39.6. The smallest absolute Gasteiger partial charge is 0.145 e. The summed E-state index contributed by atoms with van der Waals surface area (Å²) in [5, 5.41) is 8.60. The molecule has 0 aliphatic rings. The van der Waals surface area contributed by atoms with Crippen molar-refractivity contribution >= 4 is 54.3 Å². The molecule has 0 saturated heterocycles. The fourth-order valence-corrected chi connectivity index (χ4v) is 9.25. The van der Waals surface area contributed by atoms with Gasteiger partial charge in [-0.25, -0.2) is 4.98 Å². The highest BCUT2D eigenvalue weighted by molar-refractivity contribution is 6.17. The Balaban J connectivity index is 1.02. The van der Waals surface area contributed by atoms with Crippen LogP contribution in [0.1, 0.15) is 0 Å². The lowest BCUT2D eigenvalue weighted by molar-refractivity contribution is 1.10. The van der Waals surface area contributed by atoms with Crippen molar-refractivity contribution in [2.75, 3.05) is 0 Å². The highest BCUT2D eigenvalue weighted by Crippen LogP contribution is 2.45. The van der Waals surface area contributed by atoms with E-state index in [9.17, 15) is 0 Å². The number of benzene rings is 10. The number of hydrogen-bond donors (Lipinski definition) is 0. The van der Waals surface area contributed by atoms with Gasteiger partial charge in [0.2, 0.25) is 0 Å². The zero-order valence-corrected chi connectivity index (χ0v) is 32.7. The van der Waals surface area contributed by atoms with Crippen LogP contribution in [0.2, 0.25) is 0 Å². The minimum absolute atomic E-state index is 0.935. The van der Waals surface area contributed by atoms with E-state index in [-0.39, 0.29) is 0 Å². The van der Waals surface area contributed by atoms with Crippen molar-refractivity contribution in [3.05, 3.63) is 224 Å². The molecule has 0 fully saturated rings. The van der Waals surface area contributed by atoms with Gasteiger partial charge in [0.25, 0.3) is 0 Å². The Morgan fingerprint density at radius 2 is 0.917 bits per heavy atom. The van der Waals surface area contributed by atoms with Crippen molar-refractivity contribution in [2.24, 2.45) is 0 Å². The third kappa shape index (κ3) is 5.55. The van der Waals surface area contributed by atoms with Crippen LogP contribution in [-0.4, -0.2) is 14.1 Å². The molecular formula is C57H37N3. The van der Waals surface area contributed by atoms with Crippen molar-refractivity contribution in [1.82, 2.24) is 14.1 Å². The van der Waals surface area contributed by atoms with Crippen LogP contribution in [0.5, 0.6) is 0 Å². The van der Waals surface area contributed by atoms with Gasteiger partial charge in [-0.2, -0.15) is 0 Å². The summed E-state index contributed by atoms with van der Waals surface area (Å²) in [4.78, 5) is 5.09. The lowest BCUT2D eigenvalue weighted by atomic mass is 9.94. The minimum Gasteiger partial charge on any atom is -0.309 e. The third-order valence-electron chi connectivity index (χ3n) is 12.1. The Hall–Kier alpha value is -8.01. The number of para-hydroxylation sites is 3. The number of fused-ring (bicyclic) bond motifs is 6. The molecule has 2 aromatic heterocycles. The monoisotopic (exact) mass is 763 g/mol. The van der Waals surface area contributed by atoms with Crippen molar-refractivity contribution in [1.29, 1.82) is 0 Å². The molecule has 0 saturated carbocycles. The van der Waals surface area contributed by atoms with E-state index in [1.54, 1.807) is 0 Å². The molecule has 280 valence electrons. The van der Waals surface area contributed by atoms with E-state index in [1.165, 1.54) is 76.7 Å². The summed E-state index contributed by atoms with van der Waals surface area (Å²) >= 11 is 0. The number of rotatable bonds is 6. The van der Waals surface area contributed by atoms with Crippen LogP contribution in [0.15, 0.2) is 224 Å². The van der Waals surface area contributed by atoms with E-state index < -0.39 is 0 Å². The first-order valence-corrected chi connectivity index (χ1v) is 20.5. The summed E-state index contributed by atoms with van der Waals surface area (Å²) in [7, 11) is 0. The lowest BCUT2D eigenvalue weighted by Gasteiger charge is -2.14. The van der Waals surface area contributed by atoms with E-state index in [4.69, 9.17) is 4.98 Å². The topological polar surface area (TPSA) is 22.8 Å². The second-order valence-corrected chi connectivity index (χ2v) is 15.6. The molecule has 3 nitrogen and oxygen atoms in total. The summed E-state index contributed by atoms with van der Waals surface area (Å²) < 4.78 is 4.73. The summed E-state index contributed by atoms with van der Waals surface area (Å²) in [6.07, 6.45) is 0. The maximum absolute atomic E-state index is 5.09. The first-order valence-electron chi connectivity index (χ1n) is 20.5. The molecule has 0 aliphatic carbocycles. The molecule has 10 aromatic carbocycles. The molecule has 0 radical (unpaired) electrons. The van der Waals surface area contributed by atoms with E-state index >= 15 is 0 Å². The molecule has 60 heavy (non-hydrogen) atoms. The highest BCUT2D eigenvalue weighted by atomic mass is 15.1. The number of aromatic nitrogens is 3. The predicted molar refractivity (Wildman–Crippen MR) is 252 cm³/mol. The SMILES string of the molecule is c1ccc(-c2c(-c3ccccc3)n(-c3ccc4ccccc4c3)c3cc4ccc5cc(-c6ccc(-c7nc8ccccc8n7-c7ccccc7)cc6)ccc5c4cc23)cc1. The number of hydrogen-bond acceptors (Lipinski definition) is 1. The Morgan fingerprint density at radius 3 is 1.70 bits per heavy atom. The largest absolute Gasteiger partial charge is 0.309 e. The molecule has 0 bridgehead atoms. The minimum atomic E-state index is 0.935. The Kier molecular flexibility index (Phi) is 7.85. The van der Waals surface area contributed by atoms with E-state index in [2.05, 4.69) is 234 Å². The van der Waals surface area contributed by atoms with E-state index in [0.717, 1.165) is 33.8 Å². The van der Waals surface area contributed by atoms with Crippen LogP contribution < -0.4 is 0 Å². The maximum atomic E-state index is 5.09. The average Bonchev–Trinajstić information content (AvgIpc) is 3.88. The molecule has 0 atom stereocenters. The average molecular weight is 764 g/mol. The standard InChI is InChI=1S/C57H37N3/c1-4-15-40(16-5-1)55-51-37-50-46(36-54(51)59(56(55)41-17-6-2-7-18-41)48-32-30-38-14-10-11-19-43(38)35-48)29-28-45-34-44(31-33-49(45)50)39-24-26-42(27-25-39)57-58-52-22-12-13-23-53(52)60(57)47-20-8-3-9-21-47/h1-37H. The number of nitrogens with zero attached hydrogens (tertiary/aromatic N) is 3. The Labute approximate surface area is 347 Å². The molecule has 0 N–H and O–H groups in total. The van der Waals surface area contributed by atoms with Gasteiger partial charge < -0.3 is 4.57 Å². The second kappa shape index (κ2) is 13.8. The fraction of sp³-hybridized carbons (Fsp3) is 0. The van der Waals surface area contributed by atoms with Crippen LogP contribution >= 0.6 is 0 Å². The fourth-order valence-electron chi connectivity index (χ4n) is 9.25. The Morgan fingerprint density at radius 1 is 0.300 bits per heavy atom. The van der Waals surface area contributed by atoms with Gasteiger partial charge >= 0.3 is 0 Å². The normalized spacial score (nSPS) is 11.7. The van der Waals surface area contributed by atoms with Gasteiger partial charge in [-0.3, -0.25) is 4.57 Å². The molecule has 0 unspecified atom stereocenters. The van der Waals surface area contributed by atoms with E-state index in [1.807, 2.05) is 0 Å². The summed E-state index contributed by atoms with van der Waals surface area (Å²) in [5.74, 6) is 0.935. The number of imidazole rings is 1. The molecule has 0 aliphatic heterocycles. The molecule has 12 rings (SSSR count). The third-order valence-corrected chi connectivity index (χ3v) is 12.1. The van der Waals surface area contributed by atoms with Crippen molar-refractivity contribution < 1.29 is 0 Å². The van der Waals surface area contributed by atoms with Crippen LogP contribution in [0.4, 0.5) is 0 Å². The molecule has 0 amide bonds. The first-order chi connectivity index (χ1) is 29.7. The zero-order valence-electron chi connectivity index (χ0n) is 32.7. The molecule has 0 spiro atoms. The summed E-state index contributed by atoms with van der Waals surface area (Å²) in [6, 6.07) is 81.2. The van der Waals surface area contributed by atoms with Crippen molar-refractivity contribution in [3.8, 4) is 56.3 Å². The Bertz CT molecular complexity index is 3560. The molecule has 12 aromatic rings. The maximum Gasteiger partial charge on any atom is 0.145 e. The van der Waals surface area contributed by atoms with Crippen LogP contribution in [0.3, 0.4) is 0 Å². The van der Waals surface area contributed by atoms with Crippen molar-refractivity contribution in [2.45, 2.75) is 0 Å². The summed E-state index contributed by atoms with van der Waals surface area (Å²) in [5.41, 5.74) is 13.8. The second-order valence-electron chi connectivity index (χ2n) is 15.6. The van der Waals surface area contributed by atoms with Gasteiger partial charge in [-0.15, -0.1) is 0 Å². The molecule has 3 heteroatoms. The molecule has 2 heterocycles. The van der Waals surface area contributed by atoms with Crippen LogP contribution in [0, 0.1) is 0 Å². The highest BCUT2D eigenvalue weighted by Gasteiger charge is 2.23. The summed E-state index contributed by atoms with van der Waals surface area (Å²) in [6.45, 7) is 0.